The quantitative estimate of drug-likeness (QED) is 0.704. The summed E-state index contributed by atoms with van der Waals surface area (Å²) in [6, 6.07) is 2.84. The summed E-state index contributed by atoms with van der Waals surface area (Å²) in [5.41, 5.74) is 0.205. The Morgan fingerprint density at radius 3 is 3.00 bits per heavy atom. The van der Waals surface area contributed by atoms with E-state index in [9.17, 15) is 9.18 Å². The van der Waals surface area contributed by atoms with Crippen LogP contribution in [0, 0.1) is 17.1 Å². The third-order valence-corrected chi connectivity index (χ3v) is 1.71. The maximum absolute atomic E-state index is 12.8. The van der Waals surface area contributed by atoms with Crippen LogP contribution in [-0.4, -0.2) is 17.6 Å². The molecule has 4 nitrogen and oxygen atoms in total. The molecular formula is C10H9FN2O2. The molecule has 0 spiro atoms. The van der Waals surface area contributed by atoms with Crippen LogP contribution < -0.4 is 0 Å². The van der Waals surface area contributed by atoms with E-state index in [1.54, 1.807) is 13.0 Å². The van der Waals surface area contributed by atoms with E-state index in [-0.39, 0.29) is 12.2 Å². The Hall–Kier alpha value is -1.96. The Bertz CT molecular complexity index is 401. The number of nitriles is 1. The fraction of sp³-hybridized carbons (Fsp3) is 0.300. The summed E-state index contributed by atoms with van der Waals surface area (Å²) in [6.07, 6.45) is 2.27. The van der Waals surface area contributed by atoms with Gasteiger partial charge in [-0.15, -0.1) is 0 Å². The molecule has 1 rings (SSSR count). The number of carbonyl (C=O) groups excluding carboxylic acids is 1. The molecule has 0 saturated carbocycles. The average Bonchev–Trinajstić information content (AvgIpc) is 2.19. The van der Waals surface area contributed by atoms with Gasteiger partial charge in [-0.2, -0.15) is 5.26 Å². The minimum Gasteiger partial charge on any atom is -0.465 e. The number of nitrogens with zero attached hydrogens (tertiary/aromatic N) is 2. The standard InChI is InChI=1S/C10H9FN2O2/c1-2-15-10(14)9(4-12)7-3-8(11)6-13-5-7/h3,5-6,9H,2H2,1H3. The van der Waals surface area contributed by atoms with Crippen molar-refractivity contribution in [1.82, 2.24) is 4.98 Å². The van der Waals surface area contributed by atoms with Gasteiger partial charge in [0.15, 0.2) is 5.92 Å². The molecule has 0 saturated heterocycles. The molecule has 0 aliphatic carbocycles. The van der Waals surface area contributed by atoms with Crippen molar-refractivity contribution in [2.45, 2.75) is 12.8 Å². The molecule has 0 amide bonds. The Kier molecular flexibility index (Phi) is 3.75. The first-order valence-electron chi connectivity index (χ1n) is 4.35. The Morgan fingerprint density at radius 1 is 1.73 bits per heavy atom. The lowest BCUT2D eigenvalue weighted by atomic mass is 10.0. The lowest BCUT2D eigenvalue weighted by Crippen LogP contribution is -2.14. The molecule has 0 aromatic carbocycles. The van der Waals surface area contributed by atoms with Crippen LogP contribution in [0.4, 0.5) is 4.39 Å². The maximum Gasteiger partial charge on any atom is 0.327 e. The summed E-state index contributed by atoms with van der Waals surface area (Å²) in [4.78, 5) is 14.9. The number of esters is 1. The third-order valence-electron chi connectivity index (χ3n) is 1.71. The highest BCUT2D eigenvalue weighted by molar-refractivity contribution is 5.81. The molecule has 0 radical (unpaired) electrons. The Morgan fingerprint density at radius 2 is 2.47 bits per heavy atom. The van der Waals surface area contributed by atoms with Crippen LogP contribution in [0.2, 0.25) is 0 Å². The predicted molar refractivity (Wildman–Crippen MR) is 49.2 cm³/mol. The molecule has 0 bridgehead atoms. The Balaban J connectivity index is 2.93. The summed E-state index contributed by atoms with van der Waals surface area (Å²) in [6.45, 7) is 1.82. The van der Waals surface area contributed by atoms with Crippen molar-refractivity contribution in [1.29, 1.82) is 5.26 Å². The molecule has 1 heterocycles. The first-order chi connectivity index (χ1) is 7.19. The molecule has 1 unspecified atom stereocenters. The Labute approximate surface area is 86.3 Å². The molecule has 1 aromatic rings. The van der Waals surface area contributed by atoms with Crippen molar-refractivity contribution >= 4 is 5.97 Å². The van der Waals surface area contributed by atoms with E-state index in [0.29, 0.717) is 0 Å². The molecule has 0 fully saturated rings. The largest absolute Gasteiger partial charge is 0.465 e. The first-order valence-corrected chi connectivity index (χ1v) is 4.35. The normalized spacial score (nSPS) is 11.5. The van der Waals surface area contributed by atoms with Crippen LogP contribution in [0.3, 0.4) is 0 Å². The fourth-order valence-corrected chi connectivity index (χ4v) is 1.08. The van der Waals surface area contributed by atoms with Crippen LogP contribution in [0.1, 0.15) is 18.4 Å². The summed E-state index contributed by atoms with van der Waals surface area (Å²) >= 11 is 0. The van der Waals surface area contributed by atoms with E-state index in [0.717, 1.165) is 12.3 Å². The van der Waals surface area contributed by atoms with Crippen molar-refractivity contribution < 1.29 is 13.9 Å². The van der Waals surface area contributed by atoms with Crippen molar-refractivity contribution in [3.05, 3.63) is 29.8 Å². The predicted octanol–water partition coefficient (Wildman–Crippen LogP) is 1.39. The van der Waals surface area contributed by atoms with Crippen molar-refractivity contribution in [3.63, 3.8) is 0 Å². The number of hydrogen-bond donors (Lipinski definition) is 0. The molecule has 0 aliphatic heterocycles. The van der Waals surface area contributed by atoms with E-state index in [4.69, 9.17) is 5.26 Å². The minimum atomic E-state index is -1.12. The van der Waals surface area contributed by atoms with Gasteiger partial charge in [-0.1, -0.05) is 0 Å². The number of hydrogen-bond acceptors (Lipinski definition) is 4. The topological polar surface area (TPSA) is 63.0 Å². The molecule has 1 aromatic heterocycles. The SMILES string of the molecule is CCOC(=O)C(C#N)c1cncc(F)c1. The van der Waals surface area contributed by atoms with Crippen LogP contribution >= 0.6 is 0 Å². The van der Waals surface area contributed by atoms with Gasteiger partial charge in [0.05, 0.1) is 18.9 Å². The monoisotopic (exact) mass is 208 g/mol. The van der Waals surface area contributed by atoms with E-state index >= 15 is 0 Å². The van der Waals surface area contributed by atoms with Gasteiger partial charge in [0.2, 0.25) is 0 Å². The average molecular weight is 208 g/mol. The summed E-state index contributed by atoms with van der Waals surface area (Å²) in [7, 11) is 0. The van der Waals surface area contributed by atoms with Gasteiger partial charge in [0, 0.05) is 11.8 Å². The number of rotatable bonds is 3. The van der Waals surface area contributed by atoms with Crippen molar-refractivity contribution in [2.75, 3.05) is 6.61 Å². The second-order valence-electron chi connectivity index (χ2n) is 2.75. The van der Waals surface area contributed by atoms with E-state index in [1.807, 2.05) is 0 Å². The molecule has 5 heteroatoms. The van der Waals surface area contributed by atoms with Gasteiger partial charge in [-0.25, -0.2) is 4.39 Å². The smallest absolute Gasteiger partial charge is 0.327 e. The number of aromatic nitrogens is 1. The van der Waals surface area contributed by atoms with Crippen molar-refractivity contribution in [3.8, 4) is 6.07 Å². The lowest BCUT2D eigenvalue weighted by molar-refractivity contribution is -0.143. The van der Waals surface area contributed by atoms with E-state index in [1.165, 1.54) is 6.20 Å². The van der Waals surface area contributed by atoms with Gasteiger partial charge >= 0.3 is 5.97 Å². The first kappa shape index (κ1) is 11.1. The van der Waals surface area contributed by atoms with Gasteiger partial charge in [-0.05, 0) is 13.0 Å². The molecule has 15 heavy (non-hydrogen) atoms. The van der Waals surface area contributed by atoms with E-state index < -0.39 is 17.7 Å². The summed E-state index contributed by atoms with van der Waals surface area (Å²) in [5, 5.41) is 8.77. The number of halogens is 1. The highest BCUT2D eigenvalue weighted by Gasteiger charge is 2.22. The zero-order valence-electron chi connectivity index (χ0n) is 8.11. The third kappa shape index (κ3) is 2.74. The van der Waals surface area contributed by atoms with Gasteiger partial charge < -0.3 is 4.74 Å². The van der Waals surface area contributed by atoms with Crippen LogP contribution in [0.25, 0.3) is 0 Å². The second kappa shape index (κ2) is 5.05. The maximum atomic E-state index is 12.8. The number of pyridine rings is 1. The molecule has 0 aliphatic rings. The summed E-state index contributed by atoms with van der Waals surface area (Å²) in [5.74, 6) is -2.39. The molecular weight excluding hydrogens is 199 g/mol. The van der Waals surface area contributed by atoms with E-state index in [2.05, 4.69) is 9.72 Å². The molecule has 0 N–H and O–H groups in total. The zero-order valence-corrected chi connectivity index (χ0v) is 8.11. The molecule has 1 atom stereocenters. The second-order valence-corrected chi connectivity index (χ2v) is 2.75. The van der Waals surface area contributed by atoms with Gasteiger partial charge in [0.1, 0.15) is 5.82 Å². The minimum absolute atomic E-state index is 0.180. The highest BCUT2D eigenvalue weighted by atomic mass is 19.1. The number of ether oxygens (including phenoxy) is 1. The molecule has 78 valence electrons. The van der Waals surface area contributed by atoms with Crippen LogP contribution in [0.15, 0.2) is 18.5 Å². The van der Waals surface area contributed by atoms with Gasteiger partial charge in [-0.3, -0.25) is 9.78 Å². The van der Waals surface area contributed by atoms with Crippen LogP contribution in [-0.2, 0) is 9.53 Å². The van der Waals surface area contributed by atoms with Gasteiger partial charge in [0.25, 0.3) is 0 Å². The summed E-state index contributed by atoms with van der Waals surface area (Å²) < 4.78 is 17.5. The zero-order chi connectivity index (χ0) is 11.3. The number of carbonyl (C=O) groups is 1. The lowest BCUT2D eigenvalue weighted by Gasteiger charge is -2.07. The highest BCUT2D eigenvalue weighted by Crippen LogP contribution is 2.16. The van der Waals surface area contributed by atoms with Crippen molar-refractivity contribution in [2.24, 2.45) is 0 Å². The fourth-order valence-electron chi connectivity index (χ4n) is 1.08. The van der Waals surface area contributed by atoms with Crippen LogP contribution in [0.5, 0.6) is 0 Å².